The first kappa shape index (κ1) is 6.12. The van der Waals surface area contributed by atoms with Crippen molar-refractivity contribution in [2.45, 2.75) is 0 Å². The molecule has 1 nitrogen and oxygen atoms in total. The Bertz CT molecular complexity index is 23.6. The van der Waals surface area contributed by atoms with Gasteiger partial charge in [-0.2, -0.15) is 0 Å². The Labute approximate surface area is 47.6 Å². The largest absolute Gasteiger partial charge is 0.294 e. The normalized spacial score (nSPS) is 9.60. The van der Waals surface area contributed by atoms with Crippen LogP contribution in [0.1, 0.15) is 0 Å². The molecule has 0 saturated carbocycles. The van der Waals surface area contributed by atoms with E-state index in [4.69, 9.17) is 2.85 Å². The van der Waals surface area contributed by atoms with Crippen molar-refractivity contribution in [2.24, 2.45) is 0 Å². The summed E-state index contributed by atoms with van der Waals surface area (Å²) in [6.45, 7) is 4.11. The van der Waals surface area contributed by atoms with Crippen molar-refractivity contribution in [3.05, 3.63) is 0 Å². The minimum Gasteiger partial charge on any atom is -0.294 e. The molecule has 0 aromatic rings. The number of hydrogen-bond acceptors (Lipinski definition) is 1. The molecule has 5 heavy (non-hydrogen) atoms. The quantitative estimate of drug-likeness (QED) is 0.468. The third-order valence-electron chi connectivity index (χ3n) is 0.138. The first-order valence-corrected chi connectivity index (χ1v) is 4.27. The molecule has 0 fully saturated rings. The number of halogens is 1. The van der Waals surface area contributed by atoms with Crippen LogP contribution in [-0.4, -0.2) is 13.3 Å². The average Bonchev–Trinajstić information content (AvgIpc) is 1.38. The molecule has 3 heteroatoms. The van der Waals surface area contributed by atoms with Crippen LogP contribution < -0.4 is 0 Å². The summed E-state index contributed by atoms with van der Waals surface area (Å²) < 4.78 is 4.78. The van der Waals surface area contributed by atoms with E-state index in [-0.39, 0.29) is 8.15 Å². The van der Waals surface area contributed by atoms with E-state index in [2.05, 4.69) is 13.3 Å². The smallest absolute Gasteiger partial charge is 0.113 e. The minimum absolute atomic E-state index is 0.112. The van der Waals surface area contributed by atoms with Gasteiger partial charge < -0.3 is 0 Å². The lowest BCUT2D eigenvalue weighted by molar-refractivity contribution is 0.813. The SMILES string of the molecule is CP(C)OI. The van der Waals surface area contributed by atoms with Gasteiger partial charge in [0.15, 0.2) is 0 Å². The molecule has 0 aliphatic carbocycles. The Morgan fingerprint density at radius 1 is 1.60 bits per heavy atom. The maximum absolute atomic E-state index is 4.78. The lowest BCUT2D eigenvalue weighted by Crippen LogP contribution is -1.55. The van der Waals surface area contributed by atoms with Gasteiger partial charge >= 0.3 is 0 Å². The zero-order valence-electron chi connectivity index (χ0n) is 3.23. The lowest BCUT2D eigenvalue weighted by Gasteiger charge is -1.91. The molecule has 0 aliphatic rings. The highest BCUT2D eigenvalue weighted by Crippen LogP contribution is 2.28. The van der Waals surface area contributed by atoms with E-state index < -0.39 is 0 Å². The van der Waals surface area contributed by atoms with E-state index in [9.17, 15) is 0 Å². The van der Waals surface area contributed by atoms with Crippen molar-refractivity contribution in [1.29, 1.82) is 0 Å². The minimum atomic E-state index is -0.112. The fourth-order valence-electron chi connectivity index (χ4n) is 0. The molecule has 0 aromatic heterocycles. The molecule has 0 aliphatic heterocycles. The molecule has 0 N–H and O–H groups in total. The van der Waals surface area contributed by atoms with Gasteiger partial charge in [0.1, 0.15) is 23.0 Å². The van der Waals surface area contributed by atoms with Crippen molar-refractivity contribution in [3.63, 3.8) is 0 Å². The molecule has 0 amide bonds. The fourth-order valence-corrected chi connectivity index (χ4v) is 0. The van der Waals surface area contributed by atoms with Gasteiger partial charge in [0.25, 0.3) is 0 Å². The van der Waals surface area contributed by atoms with Crippen LogP contribution in [0.4, 0.5) is 0 Å². The standard InChI is InChI=1S/C2H6IOP/c1-5(2)4-3/h1-2H3. The highest BCUT2D eigenvalue weighted by Gasteiger charge is 1.80. The first-order chi connectivity index (χ1) is 2.27. The number of hydrogen-bond donors (Lipinski definition) is 0. The summed E-state index contributed by atoms with van der Waals surface area (Å²) in [5.41, 5.74) is 0. The predicted molar refractivity (Wildman–Crippen MR) is 33.9 cm³/mol. The second-order valence-electron chi connectivity index (χ2n) is 0.881. The van der Waals surface area contributed by atoms with Gasteiger partial charge in [0.05, 0.1) is 0 Å². The van der Waals surface area contributed by atoms with Crippen LogP contribution in [0.3, 0.4) is 0 Å². The highest BCUT2D eigenvalue weighted by molar-refractivity contribution is 14.1. The van der Waals surface area contributed by atoms with Gasteiger partial charge in [0.2, 0.25) is 0 Å². The third kappa shape index (κ3) is 5.12. The van der Waals surface area contributed by atoms with Gasteiger partial charge in [-0.3, -0.25) is 2.85 Å². The summed E-state index contributed by atoms with van der Waals surface area (Å²) in [6, 6.07) is 0. The molecule has 0 rings (SSSR count). The summed E-state index contributed by atoms with van der Waals surface area (Å²) in [6.07, 6.45) is 0. The average molecular weight is 204 g/mol. The highest BCUT2D eigenvalue weighted by atomic mass is 127. The van der Waals surface area contributed by atoms with E-state index in [1.165, 1.54) is 0 Å². The van der Waals surface area contributed by atoms with Gasteiger partial charge in [-0.25, -0.2) is 0 Å². The molecular weight excluding hydrogens is 198 g/mol. The third-order valence-corrected chi connectivity index (χ3v) is 2.78. The van der Waals surface area contributed by atoms with E-state index >= 15 is 0 Å². The molecule has 0 aromatic carbocycles. The zero-order chi connectivity index (χ0) is 4.28. The molecule has 0 saturated heterocycles. The maximum atomic E-state index is 4.78. The van der Waals surface area contributed by atoms with E-state index in [1.807, 2.05) is 23.0 Å². The molecule has 0 atom stereocenters. The van der Waals surface area contributed by atoms with E-state index in [0.29, 0.717) is 0 Å². The molecule has 0 unspecified atom stereocenters. The van der Waals surface area contributed by atoms with E-state index in [1.54, 1.807) is 0 Å². The Hall–Kier alpha value is 1.12. The van der Waals surface area contributed by atoms with Crippen molar-refractivity contribution in [2.75, 3.05) is 13.3 Å². The van der Waals surface area contributed by atoms with Gasteiger partial charge in [0, 0.05) is 8.15 Å². The van der Waals surface area contributed by atoms with Crippen molar-refractivity contribution in [1.82, 2.24) is 0 Å². The molecule has 0 heterocycles. The molecule has 0 radical (unpaired) electrons. The molecular formula is C2H6IOP. The lowest BCUT2D eigenvalue weighted by atomic mass is 11.9. The van der Waals surface area contributed by atoms with Crippen molar-refractivity contribution < 1.29 is 2.85 Å². The Kier molecular flexibility index (Phi) is 4.06. The summed E-state index contributed by atoms with van der Waals surface area (Å²) in [5.74, 6) is 0. The molecule has 0 spiro atoms. The van der Waals surface area contributed by atoms with E-state index in [0.717, 1.165) is 0 Å². The van der Waals surface area contributed by atoms with Crippen LogP contribution >= 0.6 is 31.2 Å². The van der Waals surface area contributed by atoms with Gasteiger partial charge in [-0.15, -0.1) is 0 Å². The monoisotopic (exact) mass is 204 g/mol. The van der Waals surface area contributed by atoms with Crippen LogP contribution in [0.2, 0.25) is 0 Å². The second-order valence-corrected chi connectivity index (χ2v) is 3.83. The van der Waals surface area contributed by atoms with Crippen LogP contribution in [0.25, 0.3) is 0 Å². The zero-order valence-corrected chi connectivity index (χ0v) is 6.29. The summed E-state index contributed by atoms with van der Waals surface area (Å²) >= 11 is 1.91. The Morgan fingerprint density at radius 3 is 1.80 bits per heavy atom. The van der Waals surface area contributed by atoms with Crippen molar-refractivity contribution >= 4 is 31.2 Å². The molecule has 0 bridgehead atoms. The first-order valence-electron chi connectivity index (χ1n) is 1.23. The summed E-state index contributed by atoms with van der Waals surface area (Å²) in [5, 5.41) is 0. The summed E-state index contributed by atoms with van der Waals surface area (Å²) in [7, 11) is -0.112. The topological polar surface area (TPSA) is 9.23 Å². The van der Waals surface area contributed by atoms with Gasteiger partial charge in [-0.1, -0.05) is 0 Å². The van der Waals surface area contributed by atoms with Crippen LogP contribution in [-0.2, 0) is 2.85 Å². The van der Waals surface area contributed by atoms with Crippen LogP contribution in [0, 0.1) is 0 Å². The fraction of sp³-hybridized carbons (Fsp3) is 1.00. The van der Waals surface area contributed by atoms with Crippen LogP contribution in [0.5, 0.6) is 0 Å². The molecule has 32 valence electrons. The number of rotatable bonds is 1. The van der Waals surface area contributed by atoms with Crippen molar-refractivity contribution in [3.8, 4) is 0 Å². The van der Waals surface area contributed by atoms with Crippen LogP contribution in [0.15, 0.2) is 0 Å². The second kappa shape index (κ2) is 3.32. The summed E-state index contributed by atoms with van der Waals surface area (Å²) in [4.78, 5) is 0. The van der Waals surface area contributed by atoms with Gasteiger partial charge in [-0.05, 0) is 13.3 Å². The Morgan fingerprint density at radius 2 is 1.80 bits per heavy atom. The Balaban J connectivity index is 2.54. The predicted octanol–water partition coefficient (Wildman–Crippen LogP) is 2.01. The maximum Gasteiger partial charge on any atom is 0.113 e.